The lowest BCUT2D eigenvalue weighted by molar-refractivity contribution is 0.181. The van der Waals surface area contributed by atoms with E-state index in [1.165, 1.54) is 5.01 Å². The van der Waals surface area contributed by atoms with Crippen LogP contribution in [0.4, 0.5) is 0 Å². The molecule has 1 fully saturated rings. The molecule has 118 valence electrons. The average molecular weight is 310 g/mol. The molecule has 0 spiro atoms. The van der Waals surface area contributed by atoms with E-state index < -0.39 is 0 Å². The van der Waals surface area contributed by atoms with Crippen molar-refractivity contribution < 1.29 is 4.74 Å². The van der Waals surface area contributed by atoms with Gasteiger partial charge in [-0.25, -0.2) is 4.98 Å². The van der Waals surface area contributed by atoms with Gasteiger partial charge in [0, 0.05) is 57.2 Å². The highest BCUT2D eigenvalue weighted by molar-refractivity contribution is 7.09. The molecule has 0 aliphatic carbocycles. The number of rotatable bonds is 6. The van der Waals surface area contributed by atoms with E-state index in [2.05, 4.69) is 32.6 Å². The molecule has 0 radical (unpaired) electrons. The molecule has 6 heteroatoms. The fourth-order valence-electron chi connectivity index (χ4n) is 2.54. The van der Waals surface area contributed by atoms with Gasteiger partial charge < -0.3 is 15.0 Å². The van der Waals surface area contributed by atoms with Gasteiger partial charge in [-0.1, -0.05) is 0 Å². The largest absolute Gasteiger partial charge is 0.381 e. The molecule has 0 aromatic carbocycles. The smallest absolute Gasteiger partial charge is 0.193 e. The van der Waals surface area contributed by atoms with Crippen LogP contribution in [0.1, 0.15) is 23.5 Å². The highest BCUT2D eigenvalue weighted by Crippen LogP contribution is 2.13. The zero-order chi connectivity index (χ0) is 15.1. The Kier molecular flexibility index (Phi) is 6.45. The third kappa shape index (κ3) is 5.28. The van der Waals surface area contributed by atoms with E-state index in [4.69, 9.17) is 4.74 Å². The van der Waals surface area contributed by atoms with Crippen LogP contribution < -0.4 is 5.32 Å². The predicted octanol–water partition coefficient (Wildman–Crippen LogP) is 1.93. The second-order valence-electron chi connectivity index (χ2n) is 5.57. The number of nitrogens with one attached hydrogen (secondary N) is 1. The average Bonchev–Trinajstić information content (AvgIpc) is 3.10. The topological polar surface area (TPSA) is 49.8 Å². The van der Waals surface area contributed by atoms with Crippen molar-refractivity contribution in [3.8, 4) is 0 Å². The number of hydrogen-bond donors (Lipinski definition) is 1. The Morgan fingerprint density at radius 3 is 3.10 bits per heavy atom. The SMILES string of the molecule is CN=C(NCCCc1nc(C)cs1)N(C)CC1CCOC1. The lowest BCUT2D eigenvalue weighted by Gasteiger charge is -2.24. The predicted molar refractivity (Wildman–Crippen MR) is 88.1 cm³/mol. The van der Waals surface area contributed by atoms with Gasteiger partial charge >= 0.3 is 0 Å². The first-order valence-electron chi connectivity index (χ1n) is 7.59. The van der Waals surface area contributed by atoms with E-state index in [0.29, 0.717) is 5.92 Å². The van der Waals surface area contributed by atoms with Crippen LogP contribution in [0, 0.1) is 12.8 Å². The lowest BCUT2D eigenvalue weighted by Crippen LogP contribution is -2.41. The first kappa shape index (κ1) is 16.2. The van der Waals surface area contributed by atoms with Gasteiger partial charge in [0.25, 0.3) is 0 Å². The third-order valence-electron chi connectivity index (χ3n) is 3.65. The van der Waals surface area contributed by atoms with Gasteiger partial charge in [0.2, 0.25) is 0 Å². The number of aliphatic imine (C=N–C) groups is 1. The van der Waals surface area contributed by atoms with Crippen LogP contribution in [-0.4, -0.2) is 56.2 Å². The third-order valence-corrected chi connectivity index (χ3v) is 4.67. The summed E-state index contributed by atoms with van der Waals surface area (Å²) in [6.45, 7) is 5.76. The lowest BCUT2D eigenvalue weighted by atomic mass is 10.1. The van der Waals surface area contributed by atoms with Crippen LogP contribution >= 0.6 is 11.3 Å². The van der Waals surface area contributed by atoms with Gasteiger partial charge in [0.1, 0.15) is 0 Å². The number of nitrogens with zero attached hydrogens (tertiary/aromatic N) is 3. The van der Waals surface area contributed by atoms with Crippen LogP contribution in [0.2, 0.25) is 0 Å². The number of thiazole rings is 1. The summed E-state index contributed by atoms with van der Waals surface area (Å²) < 4.78 is 5.43. The molecule has 1 aliphatic rings. The maximum absolute atomic E-state index is 5.43. The van der Waals surface area contributed by atoms with Crippen LogP contribution in [0.5, 0.6) is 0 Å². The molecule has 1 saturated heterocycles. The number of aromatic nitrogens is 1. The minimum absolute atomic E-state index is 0.631. The number of ether oxygens (including phenoxy) is 1. The summed E-state index contributed by atoms with van der Waals surface area (Å²) in [6.07, 6.45) is 3.26. The minimum atomic E-state index is 0.631. The Morgan fingerprint density at radius 1 is 1.62 bits per heavy atom. The van der Waals surface area contributed by atoms with Crippen LogP contribution in [0.15, 0.2) is 10.4 Å². The zero-order valence-corrected chi connectivity index (χ0v) is 14.1. The summed E-state index contributed by atoms with van der Waals surface area (Å²) in [4.78, 5) is 11.0. The molecule has 2 heterocycles. The van der Waals surface area contributed by atoms with Gasteiger partial charge in [-0.05, 0) is 19.8 Å². The van der Waals surface area contributed by atoms with Gasteiger partial charge in [-0.3, -0.25) is 4.99 Å². The molecule has 1 aliphatic heterocycles. The van der Waals surface area contributed by atoms with Crippen LogP contribution in [-0.2, 0) is 11.2 Å². The fourth-order valence-corrected chi connectivity index (χ4v) is 3.36. The molecular weight excluding hydrogens is 284 g/mol. The maximum atomic E-state index is 5.43. The van der Waals surface area contributed by atoms with Gasteiger partial charge in [-0.2, -0.15) is 0 Å². The molecule has 0 bridgehead atoms. The van der Waals surface area contributed by atoms with E-state index in [1.54, 1.807) is 11.3 Å². The Hall–Kier alpha value is -1.14. The van der Waals surface area contributed by atoms with Crippen molar-refractivity contribution in [2.24, 2.45) is 10.9 Å². The molecule has 5 nitrogen and oxygen atoms in total. The van der Waals surface area contributed by atoms with E-state index in [9.17, 15) is 0 Å². The molecule has 21 heavy (non-hydrogen) atoms. The van der Waals surface area contributed by atoms with Crippen molar-refractivity contribution in [1.29, 1.82) is 0 Å². The summed E-state index contributed by atoms with van der Waals surface area (Å²) in [5.74, 6) is 1.60. The second-order valence-corrected chi connectivity index (χ2v) is 6.51. The van der Waals surface area contributed by atoms with Crippen molar-refractivity contribution in [3.05, 3.63) is 16.1 Å². The number of aryl methyl sites for hydroxylation is 2. The second kappa shape index (κ2) is 8.34. The molecule has 1 atom stereocenters. The summed E-state index contributed by atoms with van der Waals surface area (Å²) >= 11 is 1.75. The van der Waals surface area contributed by atoms with Gasteiger partial charge in [0.05, 0.1) is 11.6 Å². The number of hydrogen-bond acceptors (Lipinski definition) is 4. The summed E-state index contributed by atoms with van der Waals surface area (Å²) in [7, 11) is 3.94. The van der Waals surface area contributed by atoms with E-state index >= 15 is 0 Å². The van der Waals surface area contributed by atoms with E-state index in [1.807, 2.05) is 14.0 Å². The normalized spacial score (nSPS) is 19.0. The first-order chi connectivity index (χ1) is 10.2. The molecule has 1 aromatic heterocycles. The van der Waals surface area contributed by atoms with Crippen molar-refractivity contribution in [2.75, 3.05) is 40.4 Å². The molecule has 2 rings (SSSR count). The summed E-state index contributed by atoms with van der Waals surface area (Å²) in [6, 6.07) is 0. The van der Waals surface area contributed by atoms with Crippen molar-refractivity contribution >= 4 is 17.3 Å². The summed E-state index contributed by atoms with van der Waals surface area (Å²) in [5, 5.41) is 6.77. The molecule has 1 unspecified atom stereocenters. The maximum Gasteiger partial charge on any atom is 0.193 e. The van der Waals surface area contributed by atoms with Gasteiger partial charge in [-0.15, -0.1) is 11.3 Å². The zero-order valence-electron chi connectivity index (χ0n) is 13.3. The van der Waals surface area contributed by atoms with Crippen molar-refractivity contribution in [1.82, 2.24) is 15.2 Å². The molecular formula is C15H26N4OS. The Labute approximate surface area is 131 Å². The Bertz CT molecular complexity index is 454. The fraction of sp³-hybridized carbons (Fsp3) is 0.733. The van der Waals surface area contributed by atoms with Crippen molar-refractivity contribution in [3.63, 3.8) is 0 Å². The quantitative estimate of drug-likeness (QED) is 0.495. The highest BCUT2D eigenvalue weighted by atomic mass is 32.1. The highest BCUT2D eigenvalue weighted by Gasteiger charge is 2.18. The summed E-state index contributed by atoms with van der Waals surface area (Å²) in [5.41, 5.74) is 1.12. The Morgan fingerprint density at radius 2 is 2.48 bits per heavy atom. The Balaban J connectivity index is 1.67. The molecule has 0 amide bonds. The van der Waals surface area contributed by atoms with Crippen molar-refractivity contribution in [2.45, 2.75) is 26.2 Å². The number of guanidine groups is 1. The minimum Gasteiger partial charge on any atom is -0.381 e. The standard InChI is InChI=1S/C15H26N4OS/c1-12-11-21-14(18-12)5-4-7-17-15(16-2)19(3)9-13-6-8-20-10-13/h11,13H,4-10H2,1-3H3,(H,16,17). The molecule has 0 saturated carbocycles. The van der Waals surface area contributed by atoms with Gasteiger partial charge in [0.15, 0.2) is 5.96 Å². The molecule has 1 N–H and O–H groups in total. The van der Waals surface area contributed by atoms with Crippen LogP contribution in [0.25, 0.3) is 0 Å². The first-order valence-corrected chi connectivity index (χ1v) is 8.47. The van der Waals surface area contributed by atoms with E-state index in [0.717, 1.165) is 57.2 Å². The molecule has 1 aromatic rings. The monoisotopic (exact) mass is 310 g/mol. The van der Waals surface area contributed by atoms with E-state index in [-0.39, 0.29) is 0 Å². The van der Waals surface area contributed by atoms with Crippen LogP contribution in [0.3, 0.4) is 0 Å².